The molecule has 0 bridgehead atoms. The summed E-state index contributed by atoms with van der Waals surface area (Å²) in [6, 6.07) is 1.97. The summed E-state index contributed by atoms with van der Waals surface area (Å²) < 4.78 is 35.3. The van der Waals surface area contributed by atoms with Gasteiger partial charge in [0.2, 0.25) is 0 Å². The number of hydrogen-bond acceptors (Lipinski definition) is 3. The zero-order valence-corrected chi connectivity index (χ0v) is 8.79. The monoisotopic (exact) mass is 226 g/mol. The molecule has 14 heavy (non-hydrogen) atoms. The van der Waals surface area contributed by atoms with Gasteiger partial charge in [0.1, 0.15) is 0 Å². The van der Waals surface area contributed by atoms with E-state index in [1.807, 2.05) is 17.9 Å². The van der Waals surface area contributed by atoms with Gasteiger partial charge in [-0.2, -0.15) is 18.4 Å². The summed E-state index contributed by atoms with van der Waals surface area (Å²) in [5.41, 5.74) is -4.14. The molecule has 0 aromatic rings. The first kappa shape index (κ1) is 13.6. The smallest absolute Gasteiger partial charge is 0.302 e. The van der Waals surface area contributed by atoms with Crippen LogP contribution in [0, 0.1) is 11.3 Å². The van der Waals surface area contributed by atoms with Crippen LogP contribution >= 0.6 is 11.8 Å². The van der Waals surface area contributed by atoms with Gasteiger partial charge in [-0.05, 0) is 18.3 Å². The normalized spacial score (nSPS) is 11.7. The Kier molecular flexibility index (Phi) is 6.75. The molecule has 0 rings (SSSR count). The number of thioether (sulfide) groups is 1. The minimum Gasteiger partial charge on any atom is -0.302 e. The van der Waals surface area contributed by atoms with Crippen molar-refractivity contribution in [1.29, 1.82) is 5.26 Å². The Morgan fingerprint density at radius 3 is 2.43 bits per heavy atom. The maximum Gasteiger partial charge on any atom is 0.441 e. The first-order valence-corrected chi connectivity index (χ1v) is 5.28. The fourth-order valence-electron chi connectivity index (χ4n) is 0.927. The van der Waals surface area contributed by atoms with Crippen LogP contribution < -0.4 is 0 Å². The Balaban J connectivity index is 3.58. The molecule has 0 aromatic heterocycles. The quantitative estimate of drug-likeness (QED) is 0.696. The molecule has 6 heteroatoms. The Labute approximate surface area is 86.1 Å². The van der Waals surface area contributed by atoms with E-state index in [-0.39, 0.29) is 17.5 Å². The van der Waals surface area contributed by atoms with E-state index in [1.54, 1.807) is 0 Å². The average Bonchev–Trinajstić information content (AvgIpc) is 2.09. The third-order valence-electron chi connectivity index (χ3n) is 1.66. The van der Waals surface area contributed by atoms with Crippen molar-refractivity contribution in [2.75, 3.05) is 25.4 Å². The molecule has 0 aliphatic carbocycles. The lowest BCUT2D eigenvalue weighted by Crippen LogP contribution is -2.27. The van der Waals surface area contributed by atoms with Crippen molar-refractivity contribution >= 4 is 11.8 Å². The molecule has 0 aliphatic rings. The zero-order chi connectivity index (χ0) is 11.0. The van der Waals surface area contributed by atoms with Gasteiger partial charge in [0, 0.05) is 25.3 Å². The topological polar surface area (TPSA) is 27.0 Å². The Morgan fingerprint density at radius 1 is 1.36 bits per heavy atom. The molecule has 0 fully saturated rings. The van der Waals surface area contributed by atoms with E-state index in [1.165, 1.54) is 0 Å². The standard InChI is InChI=1S/C8H13F3N2S/c1-2-13(5-3-4-12)6-7-14-8(9,10)11/h2-3,5-7H2,1H3. The highest BCUT2D eigenvalue weighted by atomic mass is 32.2. The molecule has 82 valence electrons. The van der Waals surface area contributed by atoms with E-state index in [4.69, 9.17) is 5.26 Å². The average molecular weight is 226 g/mol. The first-order valence-electron chi connectivity index (χ1n) is 4.29. The third-order valence-corrected chi connectivity index (χ3v) is 2.37. The van der Waals surface area contributed by atoms with Crippen molar-refractivity contribution in [3.05, 3.63) is 0 Å². The molecular weight excluding hydrogens is 213 g/mol. The number of halogens is 3. The summed E-state index contributed by atoms with van der Waals surface area (Å²) in [7, 11) is 0. The Bertz CT molecular complexity index is 188. The largest absolute Gasteiger partial charge is 0.441 e. The van der Waals surface area contributed by atoms with Crippen LogP contribution in [-0.2, 0) is 0 Å². The summed E-state index contributed by atoms with van der Waals surface area (Å²) >= 11 is -0.0138. The fourth-order valence-corrected chi connectivity index (χ4v) is 1.51. The molecule has 0 atom stereocenters. The molecule has 0 aromatic carbocycles. The van der Waals surface area contributed by atoms with E-state index in [0.717, 1.165) is 0 Å². The number of rotatable bonds is 6. The van der Waals surface area contributed by atoms with Crippen LogP contribution in [0.25, 0.3) is 0 Å². The lowest BCUT2D eigenvalue weighted by Gasteiger charge is -2.18. The van der Waals surface area contributed by atoms with Crippen LogP contribution in [0.4, 0.5) is 13.2 Å². The molecule has 0 radical (unpaired) electrons. The highest BCUT2D eigenvalue weighted by Crippen LogP contribution is 2.29. The zero-order valence-electron chi connectivity index (χ0n) is 7.97. The van der Waals surface area contributed by atoms with Crippen molar-refractivity contribution < 1.29 is 13.2 Å². The second-order valence-corrected chi connectivity index (χ2v) is 3.80. The van der Waals surface area contributed by atoms with Crippen LogP contribution in [-0.4, -0.2) is 35.8 Å². The number of nitrogens with zero attached hydrogens (tertiary/aromatic N) is 2. The summed E-state index contributed by atoms with van der Waals surface area (Å²) in [5.74, 6) is 0.0305. The van der Waals surface area contributed by atoms with Gasteiger partial charge in [-0.3, -0.25) is 0 Å². The lowest BCUT2D eigenvalue weighted by atomic mass is 10.4. The van der Waals surface area contributed by atoms with E-state index in [0.29, 0.717) is 26.1 Å². The van der Waals surface area contributed by atoms with Crippen molar-refractivity contribution in [3.63, 3.8) is 0 Å². The van der Waals surface area contributed by atoms with Gasteiger partial charge in [0.15, 0.2) is 0 Å². The molecule has 0 unspecified atom stereocenters. The van der Waals surface area contributed by atoms with E-state index >= 15 is 0 Å². The van der Waals surface area contributed by atoms with Crippen molar-refractivity contribution in [3.8, 4) is 6.07 Å². The predicted molar refractivity (Wildman–Crippen MR) is 50.9 cm³/mol. The minimum atomic E-state index is -4.14. The summed E-state index contributed by atoms with van der Waals surface area (Å²) in [5, 5.41) is 8.30. The number of alkyl halides is 3. The second-order valence-electron chi connectivity index (χ2n) is 2.64. The molecular formula is C8H13F3N2S. The van der Waals surface area contributed by atoms with Gasteiger partial charge < -0.3 is 4.90 Å². The molecule has 0 aliphatic heterocycles. The van der Waals surface area contributed by atoms with Gasteiger partial charge in [0.25, 0.3) is 0 Å². The van der Waals surface area contributed by atoms with Crippen LogP contribution in [0.5, 0.6) is 0 Å². The first-order chi connectivity index (χ1) is 6.49. The minimum absolute atomic E-state index is 0.0138. The molecule has 0 N–H and O–H groups in total. The summed E-state index contributed by atoms with van der Waals surface area (Å²) in [4.78, 5) is 1.84. The summed E-state index contributed by atoms with van der Waals surface area (Å²) in [6.07, 6.45) is 0.366. The Hall–Kier alpha value is -0.410. The van der Waals surface area contributed by atoms with Crippen molar-refractivity contribution in [2.45, 2.75) is 18.9 Å². The molecule has 0 amide bonds. The third kappa shape index (κ3) is 8.20. The number of nitriles is 1. The lowest BCUT2D eigenvalue weighted by molar-refractivity contribution is -0.0328. The van der Waals surface area contributed by atoms with Gasteiger partial charge in [0.05, 0.1) is 6.07 Å². The second kappa shape index (κ2) is 6.96. The highest BCUT2D eigenvalue weighted by Gasteiger charge is 2.27. The number of hydrogen-bond donors (Lipinski definition) is 0. The van der Waals surface area contributed by atoms with Gasteiger partial charge in [-0.1, -0.05) is 6.92 Å². The van der Waals surface area contributed by atoms with Crippen LogP contribution in [0.1, 0.15) is 13.3 Å². The Morgan fingerprint density at radius 2 is 2.00 bits per heavy atom. The fraction of sp³-hybridized carbons (Fsp3) is 0.875. The van der Waals surface area contributed by atoms with Gasteiger partial charge in [-0.15, -0.1) is 0 Å². The molecule has 0 heterocycles. The maximum atomic E-state index is 11.8. The molecule has 0 spiro atoms. The maximum absolute atomic E-state index is 11.8. The van der Waals surface area contributed by atoms with Gasteiger partial charge >= 0.3 is 5.51 Å². The van der Waals surface area contributed by atoms with Crippen molar-refractivity contribution in [1.82, 2.24) is 4.90 Å². The van der Waals surface area contributed by atoms with Crippen LogP contribution in [0.3, 0.4) is 0 Å². The SMILES string of the molecule is CCN(CCC#N)CCSC(F)(F)F. The van der Waals surface area contributed by atoms with Crippen LogP contribution in [0.15, 0.2) is 0 Å². The molecule has 0 saturated heterocycles. The van der Waals surface area contributed by atoms with E-state index in [9.17, 15) is 13.2 Å². The molecule has 0 saturated carbocycles. The summed E-state index contributed by atoms with van der Waals surface area (Å²) in [6.45, 7) is 3.48. The predicted octanol–water partition coefficient (Wildman–Crippen LogP) is 2.47. The van der Waals surface area contributed by atoms with E-state index < -0.39 is 5.51 Å². The van der Waals surface area contributed by atoms with Gasteiger partial charge in [-0.25, -0.2) is 0 Å². The van der Waals surface area contributed by atoms with Crippen molar-refractivity contribution in [2.24, 2.45) is 0 Å². The highest BCUT2D eigenvalue weighted by molar-refractivity contribution is 8.00. The molecule has 2 nitrogen and oxygen atoms in total. The van der Waals surface area contributed by atoms with E-state index in [2.05, 4.69) is 0 Å². The van der Waals surface area contributed by atoms with Crippen LogP contribution in [0.2, 0.25) is 0 Å².